The van der Waals surface area contributed by atoms with Crippen LogP contribution in [0.2, 0.25) is 0 Å². The highest BCUT2D eigenvalue weighted by atomic mass is 32.1. The number of ether oxygens (including phenoxy) is 2. The van der Waals surface area contributed by atoms with Crippen LogP contribution in [-0.4, -0.2) is 37.7 Å². The van der Waals surface area contributed by atoms with Crippen molar-refractivity contribution in [2.45, 2.75) is 6.10 Å². The molecule has 8 heteroatoms. The number of benzene rings is 1. The summed E-state index contributed by atoms with van der Waals surface area (Å²) in [5.41, 5.74) is 1.12. The average molecular weight is 374 g/mol. The quantitative estimate of drug-likeness (QED) is 0.345. The molecule has 26 heavy (non-hydrogen) atoms. The summed E-state index contributed by atoms with van der Waals surface area (Å²) >= 11 is 1.61. The Bertz CT molecular complexity index is 819. The molecular formula is C18H18N2O5S. The first-order valence-corrected chi connectivity index (χ1v) is 8.91. The molecule has 0 saturated carbocycles. The normalized spacial score (nSPS) is 17.4. The summed E-state index contributed by atoms with van der Waals surface area (Å²) in [6.07, 6.45) is 2.64. The number of hydrogen-bond acceptors (Lipinski definition) is 7. The fourth-order valence-electron chi connectivity index (χ4n) is 2.80. The van der Waals surface area contributed by atoms with Gasteiger partial charge >= 0.3 is 5.97 Å². The van der Waals surface area contributed by atoms with Crippen LogP contribution in [0.3, 0.4) is 0 Å². The number of nitro benzene ring substituents is 1. The van der Waals surface area contributed by atoms with Gasteiger partial charge in [-0.25, -0.2) is 4.79 Å². The standard InChI is InChI=1S/C18H18N2O5S/c1-24-18(21)7-5-13-4-6-14(15(11-13)20(22)23)19-8-9-25-16(12-19)17-3-2-10-26-17/h2-7,10-11,16H,8-9,12H2,1H3/b7-5+. The van der Waals surface area contributed by atoms with Crippen molar-refractivity contribution in [2.75, 3.05) is 31.7 Å². The lowest BCUT2D eigenvalue weighted by Gasteiger charge is -2.33. The van der Waals surface area contributed by atoms with E-state index < -0.39 is 10.9 Å². The predicted octanol–water partition coefficient (Wildman–Crippen LogP) is 3.42. The van der Waals surface area contributed by atoms with E-state index in [2.05, 4.69) is 4.74 Å². The van der Waals surface area contributed by atoms with Gasteiger partial charge in [-0.1, -0.05) is 12.1 Å². The minimum Gasteiger partial charge on any atom is -0.466 e. The number of nitro groups is 1. The van der Waals surface area contributed by atoms with Crippen molar-refractivity contribution in [3.63, 3.8) is 0 Å². The lowest BCUT2D eigenvalue weighted by molar-refractivity contribution is -0.384. The number of hydrogen-bond donors (Lipinski definition) is 0. The van der Waals surface area contributed by atoms with E-state index in [-0.39, 0.29) is 11.8 Å². The molecule has 0 amide bonds. The van der Waals surface area contributed by atoms with Crippen molar-refractivity contribution in [3.8, 4) is 0 Å². The average Bonchev–Trinajstić information content (AvgIpc) is 3.20. The molecule has 1 aromatic heterocycles. The molecule has 1 aliphatic rings. The van der Waals surface area contributed by atoms with Gasteiger partial charge in [0.15, 0.2) is 0 Å². The van der Waals surface area contributed by atoms with Crippen LogP contribution in [0.15, 0.2) is 41.8 Å². The topological polar surface area (TPSA) is 81.9 Å². The van der Waals surface area contributed by atoms with Crippen LogP contribution >= 0.6 is 11.3 Å². The lowest BCUT2D eigenvalue weighted by Crippen LogP contribution is -2.38. The van der Waals surface area contributed by atoms with E-state index in [0.29, 0.717) is 30.9 Å². The van der Waals surface area contributed by atoms with Crippen LogP contribution in [0.4, 0.5) is 11.4 Å². The smallest absolute Gasteiger partial charge is 0.330 e. The Hall–Kier alpha value is -2.71. The van der Waals surface area contributed by atoms with Crippen LogP contribution in [0.25, 0.3) is 6.08 Å². The number of nitrogens with zero attached hydrogens (tertiary/aromatic N) is 2. The summed E-state index contributed by atoms with van der Waals surface area (Å²) in [7, 11) is 1.28. The summed E-state index contributed by atoms with van der Waals surface area (Å²) in [6.45, 7) is 1.64. The SMILES string of the molecule is COC(=O)/C=C/c1ccc(N2CCOC(c3cccs3)C2)c([N+](=O)[O-])c1. The maximum atomic E-state index is 11.6. The number of carbonyl (C=O) groups is 1. The second kappa shape index (κ2) is 8.11. The highest BCUT2D eigenvalue weighted by Crippen LogP contribution is 2.34. The number of rotatable bonds is 5. The van der Waals surface area contributed by atoms with Gasteiger partial charge in [0.2, 0.25) is 0 Å². The van der Waals surface area contributed by atoms with E-state index in [9.17, 15) is 14.9 Å². The molecule has 1 saturated heterocycles. The molecular weight excluding hydrogens is 356 g/mol. The molecule has 3 rings (SSSR count). The third-order valence-electron chi connectivity index (χ3n) is 4.08. The Morgan fingerprint density at radius 1 is 1.46 bits per heavy atom. The van der Waals surface area contributed by atoms with Crippen LogP contribution in [0, 0.1) is 10.1 Å². The third kappa shape index (κ3) is 4.09. The van der Waals surface area contributed by atoms with Crippen molar-refractivity contribution in [2.24, 2.45) is 0 Å². The Balaban J connectivity index is 1.85. The molecule has 7 nitrogen and oxygen atoms in total. The van der Waals surface area contributed by atoms with E-state index in [4.69, 9.17) is 4.74 Å². The summed E-state index contributed by atoms with van der Waals surface area (Å²) < 4.78 is 10.3. The van der Waals surface area contributed by atoms with Crippen molar-refractivity contribution in [1.29, 1.82) is 0 Å². The monoisotopic (exact) mass is 374 g/mol. The second-order valence-electron chi connectivity index (χ2n) is 5.68. The first-order chi connectivity index (χ1) is 12.6. The molecule has 0 bridgehead atoms. The van der Waals surface area contributed by atoms with Crippen molar-refractivity contribution < 1.29 is 19.2 Å². The van der Waals surface area contributed by atoms with Crippen LogP contribution in [-0.2, 0) is 14.3 Å². The Labute approximate surface area is 154 Å². The third-order valence-corrected chi connectivity index (χ3v) is 5.04. The van der Waals surface area contributed by atoms with Gasteiger partial charge in [0.05, 0.1) is 18.6 Å². The molecule has 1 unspecified atom stereocenters. The number of thiophene rings is 1. The Morgan fingerprint density at radius 2 is 2.31 bits per heavy atom. The van der Waals surface area contributed by atoms with Gasteiger partial charge in [-0.3, -0.25) is 10.1 Å². The predicted molar refractivity (Wildman–Crippen MR) is 99.4 cm³/mol. The fourth-order valence-corrected chi connectivity index (χ4v) is 3.57. The van der Waals surface area contributed by atoms with E-state index in [1.165, 1.54) is 25.3 Å². The zero-order valence-corrected chi connectivity index (χ0v) is 15.0. The molecule has 136 valence electrons. The van der Waals surface area contributed by atoms with E-state index in [0.717, 1.165) is 4.88 Å². The maximum absolute atomic E-state index is 11.6. The first-order valence-electron chi connectivity index (χ1n) is 8.03. The van der Waals surface area contributed by atoms with Gasteiger partial charge in [0.1, 0.15) is 11.8 Å². The molecule has 0 spiro atoms. The van der Waals surface area contributed by atoms with Gasteiger partial charge < -0.3 is 14.4 Å². The lowest BCUT2D eigenvalue weighted by atomic mass is 10.1. The van der Waals surface area contributed by atoms with Crippen LogP contribution < -0.4 is 4.90 Å². The number of morpholine rings is 1. The van der Waals surface area contributed by atoms with E-state index in [1.54, 1.807) is 23.5 Å². The van der Waals surface area contributed by atoms with Gasteiger partial charge in [-0.05, 0) is 29.2 Å². The Kier molecular flexibility index (Phi) is 5.65. The highest BCUT2D eigenvalue weighted by Gasteiger charge is 2.27. The summed E-state index contributed by atoms with van der Waals surface area (Å²) in [5.74, 6) is -0.510. The van der Waals surface area contributed by atoms with Crippen molar-refractivity contribution >= 4 is 34.8 Å². The molecule has 1 aromatic carbocycles. The highest BCUT2D eigenvalue weighted by molar-refractivity contribution is 7.10. The fraction of sp³-hybridized carbons (Fsp3) is 0.278. The molecule has 0 aliphatic carbocycles. The van der Waals surface area contributed by atoms with Crippen LogP contribution in [0.1, 0.15) is 16.5 Å². The molecule has 1 aliphatic heterocycles. The second-order valence-corrected chi connectivity index (χ2v) is 6.66. The van der Waals surface area contributed by atoms with Gasteiger partial charge in [-0.15, -0.1) is 11.3 Å². The molecule has 1 fully saturated rings. The summed E-state index contributed by atoms with van der Waals surface area (Å²) in [6, 6.07) is 8.90. The minimum absolute atomic E-state index is 0.00356. The molecule has 2 heterocycles. The maximum Gasteiger partial charge on any atom is 0.330 e. The number of esters is 1. The first kappa shape index (κ1) is 18.1. The zero-order valence-electron chi connectivity index (χ0n) is 14.2. The summed E-state index contributed by atoms with van der Waals surface area (Å²) in [5, 5.41) is 13.5. The van der Waals surface area contributed by atoms with Gasteiger partial charge in [-0.2, -0.15) is 0 Å². The van der Waals surface area contributed by atoms with Crippen molar-refractivity contribution in [1.82, 2.24) is 0 Å². The number of anilines is 1. The Morgan fingerprint density at radius 3 is 3.00 bits per heavy atom. The zero-order chi connectivity index (χ0) is 18.5. The molecule has 0 radical (unpaired) electrons. The molecule has 1 atom stereocenters. The largest absolute Gasteiger partial charge is 0.466 e. The summed E-state index contributed by atoms with van der Waals surface area (Å²) in [4.78, 5) is 25.4. The van der Waals surface area contributed by atoms with Gasteiger partial charge in [0, 0.05) is 30.1 Å². The van der Waals surface area contributed by atoms with E-state index >= 15 is 0 Å². The van der Waals surface area contributed by atoms with Crippen LogP contribution in [0.5, 0.6) is 0 Å². The number of carbonyl (C=O) groups excluding carboxylic acids is 1. The molecule has 0 N–H and O–H groups in total. The van der Waals surface area contributed by atoms with E-state index in [1.807, 2.05) is 22.4 Å². The number of methoxy groups -OCH3 is 1. The minimum atomic E-state index is -0.510. The molecule has 2 aromatic rings. The van der Waals surface area contributed by atoms with Crippen molar-refractivity contribution in [3.05, 3.63) is 62.3 Å². The van der Waals surface area contributed by atoms with Gasteiger partial charge in [0.25, 0.3) is 5.69 Å².